The second kappa shape index (κ2) is 27.1. The average Bonchev–Trinajstić information content (AvgIpc) is 3.55. The molecule has 3 saturated heterocycles. The second-order valence-electron chi connectivity index (χ2n) is 23.2. The molecule has 2 aromatic rings. The topological polar surface area (TPSA) is 377 Å². The number of nitrogens with one attached hydrogen (secondary N) is 6. The number of nitrogens with zero attached hydrogens (tertiary/aromatic N) is 3. The van der Waals surface area contributed by atoms with Gasteiger partial charge in [0.1, 0.15) is 36.0 Å². The zero-order valence-electron chi connectivity index (χ0n) is 47.2. The van der Waals surface area contributed by atoms with Crippen LogP contribution in [0.2, 0.25) is 0 Å². The van der Waals surface area contributed by atoms with Gasteiger partial charge in [0.15, 0.2) is 5.78 Å². The van der Waals surface area contributed by atoms with Gasteiger partial charge in [-0.1, -0.05) is 6.07 Å². The summed E-state index contributed by atoms with van der Waals surface area (Å²) in [4.78, 5) is 186. The Morgan fingerprint density at radius 2 is 1.45 bits per heavy atom. The van der Waals surface area contributed by atoms with Crippen molar-refractivity contribution in [1.29, 1.82) is 0 Å². The molecule has 1 saturated carbocycles. The van der Waals surface area contributed by atoms with Crippen molar-refractivity contribution < 1.29 is 82.5 Å². The van der Waals surface area contributed by atoms with E-state index in [0.29, 0.717) is 70.0 Å². The lowest BCUT2D eigenvalue weighted by Crippen LogP contribution is -2.59. The third-order valence-corrected chi connectivity index (χ3v) is 18.8. The van der Waals surface area contributed by atoms with Crippen molar-refractivity contribution >= 4 is 111 Å². The Kier molecular flexibility index (Phi) is 20.4. The molecule has 2 bridgehead atoms. The lowest BCUT2D eigenvalue weighted by molar-refractivity contribution is -0.201. The van der Waals surface area contributed by atoms with Gasteiger partial charge in [0.25, 0.3) is 11.8 Å². The number of aliphatic hydroxyl groups is 3. The number of amides is 10. The summed E-state index contributed by atoms with van der Waals surface area (Å²) in [6.07, 6.45) is -0.236. The van der Waals surface area contributed by atoms with Crippen LogP contribution < -0.4 is 26.6 Å². The van der Waals surface area contributed by atoms with Gasteiger partial charge >= 0.3 is 5.97 Å². The molecule has 5 aliphatic heterocycles. The number of aliphatic hydroxyl groups excluding tert-OH is 2. The lowest BCUT2D eigenvalue weighted by Gasteiger charge is -2.30. The number of carbonyl (C=O) groups is 13. The summed E-state index contributed by atoms with van der Waals surface area (Å²) in [7, 11) is 0. The number of aromatic nitrogens is 1. The van der Waals surface area contributed by atoms with Crippen LogP contribution in [0.3, 0.4) is 0 Å². The zero-order chi connectivity index (χ0) is 60.9. The van der Waals surface area contributed by atoms with Crippen molar-refractivity contribution in [3.05, 3.63) is 29.3 Å². The average molecular weight is 1210 g/mol. The number of hydroxylamine groups is 2. The maximum absolute atomic E-state index is 14.8. The highest BCUT2D eigenvalue weighted by Crippen LogP contribution is 2.37. The van der Waals surface area contributed by atoms with E-state index >= 15 is 0 Å². The van der Waals surface area contributed by atoms with Gasteiger partial charge in [0.2, 0.25) is 47.3 Å². The first-order valence-corrected chi connectivity index (χ1v) is 30.5. The highest BCUT2D eigenvalue weighted by Gasteiger charge is 2.45. The molecule has 1 unspecified atom stereocenters. The van der Waals surface area contributed by atoms with Crippen molar-refractivity contribution in [2.24, 2.45) is 17.8 Å². The van der Waals surface area contributed by atoms with E-state index in [4.69, 9.17) is 4.84 Å². The summed E-state index contributed by atoms with van der Waals surface area (Å²) >= 11 is 2.37. The largest absolute Gasteiger partial charge is 0.393 e. The summed E-state index contributed by atoms with van der Waals surface area (Å²) in [5.41, 5.74) is -0.371. The van der Waals surface area contributed by atoms with Gasteiger partial charge in [-0.3, -0.25) is 62.4 Å². The summed E-state index contributed by atoms with van der Waals surface area (Å²) in [5.74, 6) is -9.75. The molecule has 1 aromatic carbocycles. The Morgan fingerprint density at radius 1 is 0.786 bits per heavy atom. The van der Waals surface area contributed by atoms with Crippen molar-refractivity contribution in [3.8, 4) is 0 Å². The van der Waals surface area contributed by atoms with Crippen molar-refractivity contribution in [1.82, 2.24) is 46.4 Å². The third kappa shape index (κ3) is 15.2. The first-order chi connectivity index (χ1) is 39.8. The van der Waals surface area contributed by atoms with Crippen molar-refractivity contribution in [3.63, 3.8) is 0 Å². The molecule has 4 fully saturated rings. The molecule has 0 radical (unpaired) electrons. The van der Waals surface area contributed by atoms with Gasteiger partial charge < -0.3 is 56.6 Å². The number of carbonyl (C=O) groups excluding carboxylic acids is 13. The van der Waals surface area contributed by atoms with Crippen LogP contribution >= 0.6 is 23.5 Å². The summed E-state index contributed by atoms with van der Waals surface area (Å²) < 4.78 is 0. The number of H-pyrrole nitrogens is 1. The van der Waals surface area contributed by atoms with Gasteiger partial charge in [-0.25, -0.2) is 4.79 Å². The fourth-order valence-electron chi connectivity index (χ4n) is 11.4. The van der Waals surface area contributed by atoms with Crippen LogP contribution in [0.4, 0.5) is 0 Å². The quantitative estimate of drug-likeness (QED) is 0.0822. The molecule has 0 spiro atoms. The Hall–Kier alpha value is -6.75. The highest BCUT2D eigenvalue weighted by molar-refractivity contribution is 8.00. The minimum absolute atomic E-state index is 0.00940. The number of thioether (sulfide) groups is 2. The maximum Gasteiger partial charge on any atom is 0.336 e. The minimum atomic E-state index is -1.93. The number of aromatic amines is 1. The van der Waals surface area contributed by atoms with Crippen LogP contribution in [-0.4, -0.2) is 196 Å². The van der Waals surface area contributed by atoms with Crippen LogP contribution in [0.1, 0.15) is 116 Å². The Balaban J connectivity index is 0.992. The van der Waals surface area contributed by atoms with Gasteiger partial charge in [-0.2, -0.15) is 0 Å². The fraction of sp³-hybridized carbons (Fsp3) is 0.625. The lowest BCUT2D eigenvalue weighted by atomic mass is 9.82. The first-order valence-electron chi connectivity index (χ1n) is 28.5. The number of hydrogen-bond donors (Lipinski definition) is 9. The molecule has 10 amide bonds. The Morgan fingerprint density at radius 3 is 2.14 bits per heavy atom. The van der Waals surface area contributed by atoms with Crippen LogP contribution in [0.5, 0.6) is 0 Å². The monoisotopic (exact) mass is 1210 g/mol. The van der Waals surface area contributed by atoms with Gasteiger partial charge in [-0.15, -0.1) is 28.6 Å². The maximum atomic E-state index is 14.8. The number of likely N-dealkylation sites (tertiary alicyclic amines) is 1. The van der Waals surface area contributed by atoms with Crippen LogP contribution in [0.15, 0.2) is 23.2 Å². The van der Waals surface area contributed by atoms with E-state index < -0.39 is 144 Å². The van der Waals surface area contributed by atoms with Gasteiger partial charge in [-0.05, 0) is 101 Å². The second-order valence-corrected chi connectivity index (χ2v) is 25.5. The van der Waals surface area contributed by atoms with Crippen molar-refractivity contribution in [2.75, 3.05) is 31.2 Å². The number of ketones is 2. The number of rotatable bonds is 14. The Labute approximate surface area is 492 Å². The van der Waals surface area contributed by atoms with E-state index in [1.165, 1.54) is 44.4 Å². The summed E-state index contributed by atoms with van der Waals surface area (Å²) in [5, 5.41) is 45.6. The van der Waals surface area contributed by atoms with Crippen molar-refractivity contribution in [2.45, 2.75) is 176 Å². The number of hydrogen-bond acceptors (Lipinski definition) is 19. The molecular formula is C56H73N9O17S2. The number of imide groups is 2. The molecule has 456 valence electrons. The third-order valence-electron chi connectivity index (χ3n) is 16.4. The SMILES string of the molecule is C[C@@H]1NC(=O)[C@@H]2C[C@@H](O)CN2C(=O)[C@H]2CSc3[nH]c4ccc(CC(=O)CCCSC5CC(=O)N(CC6CCC(C(=O)ON7C(=O)CCC7=O)CC6)C5=O)cc4c3C[C@H](CC1=O)C(=O)N[C@@H](C[C@@](C)(O)CO)C(=O)N[C@@H](C)C(=O)N[C@H](C)C(=O)N2. The highest BCUT2D eigenvalue weighted by atomic mass is 32.2. The molecular weight excluding hydrogens is 1130 g/mol. The fourth-order valence-corrected chi connectivity index (χ4v) is 13.6. The first kappa shape index (κ1) is 63.3. The Bertz CT molecular complexity index is 2960. The van der Waals surface area contributed by atoms with E-state index in [0.717, 1.165) is 16.7 Å². The predicted molar refractivity (Wildman–Crippen MR) is 299 cm³/mol. The summed E-state index contributed by atoms with van der Waals surface area (Å²) in [6, 6.07) is -2.89. The number of fused-ring (bicyclic) bond motifs is 5. The van der Waals surface area contributed by atoms with E-state index in [-0.39, 0.29) is 87.3 Å². The summed E-state index contributed by atoms with van der Waals surface area (Å²) in [6.45, 7) is 4.39. The van der Waals surface area contributed by atoms with Crippen LogP contribution in [0, 0.1) is 17.8 Å². The molecule has 9 N–H and O–H groups in total. The minimum Gasteiger partial charge on any atom is -0.393 e. The van der Waals surface area contributed by atoms with Crippen LogP contribution in [-0.2, 0) is 80.0 Å². The predicted octanol–water partition coefficient (Wildman–Crippen LogP) is -0.850. The van der Waals surface area contributed by atoms with E-state index in [1.807, 2.05) is 0 Å². The standard InChI is InChI=1S/C56H73N9O17S2/c1-27-42(69)19-33-18-37-36-17-31(16-34(67)6-5-15-83-43-21-46(72)64(54(43)79)23-30-7-10-32(11-8-30)55(80)82-65-44(70)13-14-45(65)71)9-12-38(36)62-52(37)84-25-40(53(78)63-24-35(68)20-41(63)51(77)57-27)61-48(74)29(3)58-47(73)28(2)59-50(76)39(60-49(33)75)22-56(4,81)26-66/h9,12,17,27-30,32-33,35,39-41,43,62,66,68,81H,5-8,10-11,13-16,18-26H2,1-4H3,(H,57,77)(H,58,73)(H,59,76)(H,60,75)(H,61,74)/t27-,28-,29+,30?,32?,33+,35+,39-,40+,41-,43?,56+/m0/s1. The molecule has 6 heterocycles. The molecule has 1 aromatic heterocycles. The van der Waals surface area contributed by atoms with E-state index in [9.17, 15) is 77.6 Å². The molecule has 8 rings (SSSR count). The zero-order valence-corrected chi connectivity index (χ0v) is 48.9. The molecule has 28 heteroatoms. The molecule has 1 aliphatic carbocycles. The number of benzene rings is 1. The number of Topliss-reactive ketones (excluding diaryl/α,β-unsaturated/α-hetero) is 2. The smallest absolute Gasteiger partial charge is 0.336 e. The van der Waals surface area contributed by atoms with E-state index in [2.05, 4.69) is 31.6 Å². The van der Waals surface area contributed by atoms with Gasteiger partial charge in [0.05, 0.1) is 40.5 Å². The van der Waals surface area contributed by atoms with E-state index in [1.54, 1.807) is 18.2 Å². The van der Waals surface area contributed by atoms with Gasteiger partial charge in [0, 0.05) is 87.0 Å². The molecule has 84 heavy (non-hydrogen) atoms. The molecule has 6 aliphatic rings. The normalized spacial score (nSPS) is 29.6. The molecule has 26 nitrogen and oxygen atoms in total. The molecule has 10 atom stereocenters. The van der Waals surface area contributed by atoms with Crippen LogP contribution in [0.25, 0.3) is 10.9 Å².